The van der Waals surface area contributed by atoms with E-state index in [9.17, 15) is 14.4 Å². The van der Waals surface area contributed by atoms with Gasteiger partial charge in [0.05, 0.1) is 0 Å². The average molecular weight is 283 g/mol. The number of amides is 3. The highest BCUT2D eigenvalue weighted by Crippen LogP contribution is 2.21. The van der Waals surface area contributed by atoms with Crippen LogP contribution in [0.3, 0.4) is 0 Å². The van der Waals surface area contributed by atoms with E-state index in [4.69, 9.17) is 5.11 Å². The van der Waals surface area contributed by atoms with Crippen LogP contribution in [0, 0.1) is 5.92 Å². The number of likely N-dealkylation sites (N-methyl/N-ethyl adjacent to an activating group) is 1. The van der Waals surface area contributed by atoms with Gasteiger partial charge in [0.1, 0.15) is 6.54 Å². The van der Waals surface area contributed by atoms with E-state index in [-0.39, 0.29) is 30.8 Å². The van der Waals surface area contributed by atoms with Crippen LogP contribution in [0.2, 0.25) is 0 Å². The third kappa shape index (κ3) is 3.40. The van der Waals surface area contributed by atoms with Crippen molar-refractivity contribution in [2.45, 2.75) is 19.3 Å². The lowest BCUT2D eigenvalue weighted by molar-refractivity contribution is -0.138. The Balaban J connectivity index is 1.91. The summed E-state index contributed by atoms with van der Waals surface area (Å²) in [7, 11) is 1.73. The Bertz CT molecular complexity index is 412. The fourth-order valence-corrected chi connectivity index (χ4v) is 2.77. The zero-order valence-corrected chi connectivity index (χ0v) is 11.7. The average Bonchev–Trinajstić information content (AvgIpc) is 2.40. The van der Waals surface area contributed by atoms with Crippen molar-refractivity contribution in [2.24, 2.45) is 5.92 Å². The first-order valence-electron chi connectivity index (χ1n) is 6.97. The first-order chi connectivity index (χ1) is 9.47. The number of likely N-dealkylation sites (tertiary alicyclic amines) is 1. The third-order valence-electron chi connectivity index (χ3n) is 3.98. The van der Waals surface area contributed by atoms with Gasteiger partial charge >= 0.3 is 12.0 Å². The molecular formula is C13H21N3O4. The SMILES string of the molecule is CN1CCN(C(=O)N2CCCC(CC(=O)O)C2)CC1=O. The number of urea groups is 1. The van der Waals surface area contributed by atoms with Gasteiger partial charge in [0.2, 0.25) is 5.91 Å². The number of carboxylic acid groups (broad SMARTS) is 1. The highest BCUT2D eigenvalue weighted by atomic mass is 16.4. The number of hydrogen-bond donors (Lipinski definition) is 1. The fourth-order valence-electron chi connectivity index (χ4n) is 2.77. The van der Waals surface area contributed by atoms with Gasteiger partial charge in [0, 0.05) is 39.6 Å². The molecule has 2 saturated heterocycles. The molecule has 1 atom stereocenters. The molecule has 1 N–H and O–H groups in total. The lowest BCUT2D eigenvalue weighted by Crippen LogP contribution is -2.55. The van der Waals surface area contributed by atoms with Crippen LogP contribution in [0.1, 0.15) is 19.3 Å². The molecule has 0 radical (unpaired) electrons. The molecule has 7 nitrogen and oxygen atoms in total. The third-order valence-corrected chi connectivity index (χ3v) is 3.98. The molecule has 0 bridgehead atoms. The Morgan fingerprint density at radius 1 is 1.25 bits per heavy atom. The van der Waals surface area contributed by atoms with E-state index in [1.165, 1.54) is 0 Å². The lowest BCUT2D eigenvalue weighted by atomic mass is 9.95. The predicted octanol–water partition coefficient (Wildman–Crippen LogP) is 0.0671. The molecule has 0 aliphatic carbocycles. The maximum absolute atomic E-state index is 12.4. The molecule has 3 amide bonds. The molecular weight excluding hydrogens is 262 g/mol. The Morgan fingerprint density at radius 3 is 2.65 bits per heavy atom. The monoisotopic (exact) mass is 283 g/mol. The van der Waals surface area contributed by atoms with Gasteiger partial charge in [-0.05, 0) is 18.8 Å². The smallest absolute Gasteiger partial charge is 0.320 e. The fraction of sp³-hybridized carbons (Fsp3) is 0.769. The number of carbonyl (C=O) groups is 3. The molecule has 112 valence electrons. The van der Waals surface area contributed by atoms with Crippen molar-refractivity contribution in [1.29, 1.82) is 0 Å². The molecule has 7 heteroatoms. The number of carbonyl (C=O) groups excluding carboxylic acids is 2. The molecule has 2 heterocycles. The van der Waals surface area contributed by atoms with Gasteiger partial charge in [-0.2, -0.15) is 0 Å². The lowest BCUT2D eigenvalue weighted by Gasteiger charge is -2.38. The number of piperidine rings is 1. The van der Waals surface area contributed by atoms with Gasteiger partial charge in [-0.25, -0.2) is 4.79 Å². The summed E-state index contributed by atoms with van der Waals surface area (Å²) in [6.07, 6.45) is 1.77. The molecule has 0 aromatic carbocycles. The molecule has 0 aromatic rings. The van der Waals surface area contributed by atoms with Crippen molar-refractivity contribution < 1.29 is 19.5 Å². The summed E-state index contributed by atoms with van der Waals surface area (Å²) in [5.74, 6) is -0.851. The zero-order chi connectivity index (χ0) is 14.7. The maximum Gasteiger partial charge on any atom is 0.320 e. The molecule has 20 heavy (non-hydrogen) atoms. The molecule has 0 spiro atoms. The van der Waals surface area contributed by atoms with Crippen LogP contribution >= 0.6 is 0 Å². The molecule has 2 fully saturated rings. The first kappa shape index (κ1) is 14.6. The first-order valence-corrected chi connectivity index (χ1v) is 6.97. The number of piperazine rings is 1. The molecule has 2 aliphatic heterocycles. The summed E-state index contributed by atoms with van der Waals surface area (Å²) in [6.45, 7) is 2.34. The van der Waals surface area contributed by atoms with E-state index in [0.29, 0.717) is 26.2 Å². The minimum atomic E-state index is -0.820. The van der Waals surface area contributed by atoms with E-state index in [1.54, 1.807) is 21.7 Å². The van der Waals surface area contributed by atoms with E-state index < -0.39 is 5.97 Å². The minimum Gasteiger partial charge on any atom is -0.481 e. The topological polar surface area (TPSA) is 81.2 Å². The number of rotatable bonds is 2. The van der Waals surface area contributed by atoms with Crippen LogP contribution in [-0.2, 0) is 9.59 Å². The van der Waals surface area contributed by atoms with Crippen molar-refractivity contribution in [3.8, 4) is 0 Å². The van der Waals surface area contributed by atoms with Crippen LogP contribution in [0.4, 0.5) is 4.79 Å². The zero-order valence-electron chi connectivity index (χ0n) is 11.7. The molecule has 1 unspecified atom stereocenters. The van der Waals surface area contributed by atoms with Crippen LogP contribution in [0.15, 0.2) is 0 Å². The highest BCUT2D eigenvalue weighted by molar-refractivity contribution is 5.85. The van der Waals surface area contributed by atoms with Crippen LogP contribution in [0.5, 0.6) is 0 Å². The molecule has 0 saturated carbocycles. The molecule has 2 aliphatic rings. The summed E-state index contributed by atoms with van der Waals surface area (Å²) in [4.78, 5) is 39.6. The quantitative estimate of drug-likeness (QED) is 0.777. The van der Waals surface area contributed by atoms with Gasteiger partial charge in [-0.15, -0.1) is 0 Å². The normalized spacial score (nSPS) is 23.9. The Hall–Kier alpha value is -1.79. The van der Waals surface area contributed by atoms with Crippen molar-refractivity contribution >= 4 is 17.9 Å². The van der Waals surface area contributed by atoms with E-state index >= 15 is 0 Å². The molecule has 0 aromatic heterocycles. The number of hydrogen-bond acceptors (Lipinski definition) is 3. The Morgan fingerprint density at radius 2 is 2.00 bits per heavy atom. The largest absolute Gasteiger partial charge is 0.481 e. The van der Waals surface area contributed by atoms with E-state index in [2.05, 4.69) is 0 Å². The standard InChI is InChI=1S/C13H21N3O4/c1-14-5-6-16(9-11(14)17)13(20)15-4-2-3-10(8-15)7-12(18)19/h10H,2-9H2,1H3,(H,18,19). The maximum atomic E-state index is 12.4. The van der Waals surface area contributed by atoms with Crippen molar-refractivity contribution in [1.82, 2.24) is 14.7 Å². The summed E-state index contributed by atoms with van der Waals surface area (Å²) < 4.78 is 0. The second-order valence-corrected chi connectivity index (χ2v) is 5.57. The second-order valence-electron chi connectivity index (χ2n) is 5.57. The number of nitrogens with zero attached hydrogens (tertiary/aromatic N) is 3. The van der Waals surface area contributed by atoms with Gasteiger partial charge in [0.15, 0.2) is 0 Å². The van der Waals surface area contributed by atoms with Crippen LogP contribution in [0.25, 0.3) is 0 Å². The van der Waals surface area contributed by atoms with Gasteiger partial charge in [0.25, 0.3) is 0 Å². The van der Waals surface area contributed by atoms with E-state index in [1.807, 2.05) is 0 Å². The summed E-state index contributed by atoms with van der Waals surface area (Å²) in [5, 5.41) is 8.84. The highest BCUT2D eigenvalue weighted by Gasteiger charge is 2.31. The van der Waals surface area contributed by atoms with Gasteiger partial charge < -0.3 is 19.8 Å². The van der Waals surface area contributed by atoms with Gasteiger partial charge in [-0.1, -0.05) is 0 Å². The summed E-state index contributed by atoms with van der Waals surface area (Å²) in [5.41, 5.74) is 0. The predicted molar refractivity (Wildman–Crippen MR) is 71.2 cm³/mol. The van der Waals surface area contributed by atoms with Crippen molar-refractivity contribution in [2.75, 3.05) is 39.8 Å². The Labute approximate surface area is 118 Å². The minimum absolute atomic E-state index is 0.0216. The number of carboxylic acids is 1. The molecule has 2 rings (SSSR count). The van der Waals surface area contributed by atoms with Crippen LogP contribution in [-0.4, -0.2) is 77.5 Å². The number of aliphatic carboxylic acids is 1. The Kier molecular flexibility index (Phi) is 4.46. The second kappa shape index (κ2) is 6.11. The van der Waals surface area contributed by atoms with E-state index in [0.717, 1.165) is 12.8 Å². The van der Waals surface area contributed by atoms with Crippen molar-refractivity contribution in [3.63, 3.8) is 0 Å². The van der Waals surface area contributed by atoms with Gasteiger partial charge in [-0.3, -0.25) is 9.59 Å². The van der Waals surface area contributed by atoms with Crippen LogP contribution < -0.4 is 0 Å². The summed E-state index contributed by atoms with van der Waals surface area (Å²) >= 11 is 0. The summed E-state index contributed by atoms with van der Waals surface area (Å²) in [6, 6.07) is -0.137. The van der Waals surface area contributed by atoms with Crippen molar-refractivity contribution in [3.05, 3.63) is 0 Å².